The molecule has 0 amide bonds. The molecule has 3 rings (SSSR count). The summed E-state index contributed by atoms with van der Waals surface area (Å²) in [5.74, 6) is 0. The number of aromatic amines is 1. The second kappa shape index (κ2) is 4.42. The van der Waals surface area contributed by atoms with Crippen LogP contribution >= 0.6 is 12.2 Å². The molecule has 2 heterocycles. The molecule has 1 aromatic carbocycles. The van der Waals surface area contributed by atoms with Gasteiger partial charge in [-0.3, -0.25) is 4.68 Å². The Hall–Kier alpha value is -1.88. The highest BCUT2D eigenvalue weighted by Crippen LogP contribution is 2.14. The van der Waals surface area contributed by atoms with Gasteiger partial charge in [0.1, 0.15) is 0 Å². The number of aryl methyl sites for hydroxylation is 3. The summed E-state index contributed by atoms with van der Waals surface area (Å²) in [5, 5.41) is 4.17. The van der Waals surface area contributed by atoms with E-state index >= 15 is 0 Å². The SMILES string of the molecule is Cn1cc(CCn2c(=S)[nH]c3ccccc32)cn1. The molecule has 0 radical (unpaired) electrons. The third-order valence-electron chi connectivity index (χ3n) is 3.06. The molecule has 0 saturated carbocycles. The highest BCUT2D eigenvalue weighted by molar-refractivity contribution is 7.71. The number of fused-ring (bicyclic) bond motifs is 1. The Morgan fingerprint density at radius 2 is 2.17 bits per heavy atom. The maximum absolute atomic E-state index is 5.36. The molecule has 0 unspecified atom stereocenters. The van der Waals surface area contributed by atoms with Gasteiger partial charge in [-0.15, -0.1) is 0 Å². The summed E-state index contributed by atoms with van der Waals surface area (Å²) in [7, 11) is 1.93. The molecule has 0 fully saturated rings. The third kappa shape index (κ3) is 1.97. The Balaban J connectivity index is 1.90. The zero-order valence-electron chi connectivity index (χ0n) is 10.1. The molecule has 0 aliphatic heterocycles. The molecule has 0 atom stereocenters. The highest BCUT2D eigenvalue weighted by atomic mass is 32.1. The summed E-state index contributed by atoms with van der Waals surface area (Å²) in [6, 6.07) is 8.18. The highest BCUT2D eigenvalue weighted by Gasteiger charge is 2.04. The van der Waals surface area contributed by atoms with E-state index in [1.54, 1.807) is 0 Å². The van der Waals surface area contributed by atoms with Crippen LogP contribution in [-0.2, 0) is 20.0 Å². The molecule has 3 aromatic rings. The minimum atomic E-state index is 0.778. The minimum Gasteiger partial charge on any atom is -0.331 e. The van der Waals surface area contributed by atoms with Crippen molar-refractivity contribution in [3.63, 3.8) is 0 Å². The molecule has 0 saturated heterocycles. The third-order valence-corrected chi connectivity index (χ3v) is 3.39. The Bertz CT molecular complexity index is 735. The van der Waals surface area contributed by atoms with E-state index in [1.165, 1.54) is 5.56 Å². The Morgan fingerprint density at radius 1 is 1.33 bits per heavy atom. The standard InChI is InChI=1S/C13H14N4S/c1-16-9-10(8-14-16)6-7-17-12-5-3-2-4-11(12)15-13(17)18/h2-5,8-9H,6-7H2,1H3,(H,15,18). The van der Waals surface area contributed by atoms with Crippen LogP contribution in [0.2, 0.25) is 0 Å². The van der Waals surface area contributed by atoms with E-state index < -0.39 is 0 Å². The molecule has 0 aliphatic carbocycles. The van der Waals surface area contributed by atoms with Crippen LogP contribution in [0.25, 0.3) is 11.0 Å². The number of para-hydroxylation sites is 2. The average molecular weight is 258 g/mol. The molecule has 1 N–H and O–H groups in total. The van der Waals surface area contributed by atoms with Crippen molar-refractivity contribution in [2.24, 2.45) is 7.05 Å². The van der Waals surface area contributed by atoms with Gasteiger partial charge in [0.15, 0.2) is 4.77 Å². The fraction of sp³-hybridized carbons (Fsp3) is 0.231. The molecular weight excluding hydrogens is 244 g/mol. The van der Waals surface area contributed by atoms with E-state index in [0.717, 1.165) is 28.8 Å². The summed E-state index contributed by atoms with van der Waals surface area (Å²) in [4.78, 5) is 3.23. The first-order chi connectivity index (χ1) is 8.74. The van der Waals surface area contributed by atoms with Crippen molar-refractivity contribution in [1.82, 2.24) is 19.3 Å². The molecule has 0 spiro atoms. The molecule has 18 heavy (non-hydrogen) atoms. The second-order valence-corrected chi connectivity index (χ2v) is 4.76. The molecule has 0 aliphatic rings. The van der Waals surface area contributed by atoms with Crippen molar-refractivity contribution in [2.45, 2.75) is 13.0 Å². The van der Waals surface area contributed by atoms with Crippen molar-refractivity contribution < 1.29 is 0 Å². The Labute approximate surface area is 110 Å². The van der Waals surface area contributed by atoms with Crippen LogP contribution in [-0.4, -0.2) is 19.3 Å². The summed E-state index contributed by atoms with van der Waals surface area (Å²) in [6.45, 7) is 0.870. The van der Waals surface area contributed by atoms with Gasteiger partial charge in [0.05, 0.1) is 17.2 Å². The van der Waals surface area contributed by atoms with Crippen molar-refractivity contribution in [3.8, 4) is 0 Å². The van der Waals surface area contributed by atoms with Gasteiger partial charge in [0.2, 0.25) is 0 Å². The van der Waals surface area contributed by atoms with Crippen molar-refractivity contribution in [2.75, 3.05) is 0 Å². The number of rotatable bonds is 3. The van der Waals surface area contributed by atoms with Gasteiger partial charge < -0.3 is 9.55 Å². The molecule has 2 aromatic heterocycles. The minimum absolute atomic E-state index is 0.778. The van der Waals surface area contributed by atoms with Gasteiger partial charge in [0.25, 0.3) is 0 Å². The van der Waals surface area contributed by atoms with Crippen LogP contribution in [0.3, 0.4) is 0 Å². The molecule has 92 valence electrons. The van der Waals surface area contributed by atoms with Gasteiger partial charge in [-0.05, 0) is 36.3 Å². The summed E-state index contributed by atoms with van der Waals surface area (Å²) in [6.07, 6.45) is 4.88. The number of imidazole rings is 1. The first-order valence-corrected chi connectivity index (χ1v) is 6.30. The lowest BCUT2D eigenvalue weighted by Gasteiger charge is -2.02. The lowest BCUT2D eigenvalue weighted by molar-refractivity contribution is 0.705. The van der Waals surface area contributed by atoms with Gasteiger partial charge in [-0.2, -0.15) is 5.10 Å². The topological polar surface area (TPSA) is 38.5 Å². The van der Waals surface area contributed by atoms with E-state index in [2.05, 4.69) is 20.7 Å². The van der Waals surface area contributed by atoms with Gasteiger partial charge in [-0.25, -0.2) is 0 Å². The van der Waals surface area contributed by atoms with E-state index in [-0.39, 0.29) is 0 Å². The summed E-state index contributed by atoms with van der Waals surface area (Å²) >= 11 is 5.36. The van der Waals surface area contributed by atoms with Gasteiger partial charge in [-0.1, -0.05) is 12.1 Å². The number of H-pyrrole nitrogens is 1. The van der Waals surface area contributed by atoms with E-state index in [1.807, 2.05) is 42.3 Å². The predicted molar refractivity (Wildman–Crippen MR) is 74.0 cm³/mol. The summed E-state index contributed by atoms with van der Waals surface area (Å²) < 4.78 is 4.74. The molecular formula is C13H14N4S. The van der Waals surface area contributed by atoms with Gasteiger partial charge >= 0.3 is 0 Å². The fourth-order valence-corrected chi connectivity index (χ4v) is 2.47. The van der Waals surface area contributed by atoms with Gasteiger partial charge in [0, 0.05) is 19.8 Å². The van der Waals surface area contributed by atoms with Crippen molar-refractivity contribution in [1.29, 1.82) is 0 Å². The van der Waals surface area contributed by atoms with Crippen LogP contribution < -0.4 is 0 Å². The number of nitrogens with zero attached hydrogens (tertiary/aromatic N) is 3. The smallest absolute Gasteiger partial charge is 0.178 e. The number of benzene rings is 1. The quantitative estimate of drug-likeness (QED) is 0.734. The monoisotopic (exact) mass is 258 g/mol. The fourth-order valence-electron chi connectivity index (χ4n) is 2.17. The largest absolute Gasteiger partial charge is 0.331 e. The Kier molecular flexibility index (Phi) is 2.76. The first-order valence-electron chi connectivity index (χ1n) is 5.89. The van der Waals surface area contributed by atoms with Crippen LogP contribution in [0.1, 0.15) is 5.56 Å². The second-order valence-electron chi connectivity index (χ2n) is 4.37. The van der Waals surface area contributed by atoms with Crippen LogP contribution in [0, 0.1) is 4.77 Å². The lowest BCUT2D eigenvalue weighted by Crippen LogP contribution is -2.00. The number of hydrogen-bond donors (Lipinski definition) is 1. The lowest BCUT2D eigenvalue weighted by atomic mass is 10.2. The number of aromatic nitrogens is 4. The van der Waals surface area contributed by atoms with E-state index in [9.17, 15) is 0 Å². The molecule has 0 bridgehead atoms. The van der Waals surface area contributed by atoms with Crippen LogP contribution in [0.4, 0.5) is 0 Å². The molecule has 4 nitrogen and oxygen atoms in total. The zero-order chi connectivity index (χ0) is 12.5. The average Bonchev–Trinajstić information content (AvgIpc) is 2.90. The van der Waals surface area contributed by atoms with Crippen LogP contribution in [0.5, 0.6) is 0 Å². The number of nitrogens with one attached hydrogen (secondary N) is 1. The maximum atomic E-state index is 5.36. The Morgan fingerprint density at radius 3 is 2.94 bits per heavy atom. The molecule has 5 heteroatoms. The first kappa shape index (κ1) is 11.2. The summed E-state index contributed by atoms with van der Waals surface area (Å²) in [5.41, 5.74) is 3.48. The van der Waals surface area contributed by atoms with Crippen LogP contribution in [0.15, 0.2) is 36.7 Å². The number of hydrogen-bond acceptors (Lipinski definition) is 2. The van der Waals surface area contributed by atoms with E-state index in [4.69, 9.17) is 12.2 Å². The van der Waals surface area contributed by atoms with E-state index in [0.29, 0.717) is 0 Å². The maximum Gasteiger partial charge on any atom is 0.178 e. The predicted octanol–water partition coefficient (Wildman–Crippen LogP) is 2.68. The zero-order valence-corrected chi connectivity index (χ0v) is 10.9. The normalized spacial score (nSPS) is 11.2. The van der Waals surface area contributed by atoms with Crippen molar-refractivity contribution in [3.05, 3.63) is 47.0 Å². The van der Waals surface area contributed by atoms with Crippen molar-refractivity contribution >= 4 is 23.3 Å².